The van der Waals surface area contributed by atoms with Gasteiger partial charge in [-0.25, -0.2) is 13.2 Å². The topological polar surface area (TPSA) is 92.8 Å². The molecule has 0 radical (unpaired) electrons. The lowest BCUT2D eigenvalue weighted by Crippen LogP contribution is -2.43. The van der Waals surface area contributed by atoms with E-state index in [2.05, 4.69) is 24.4 Å². The van der Waals surface area contributed by atoms with E-state index in [4.69, 9.17) is 4.74 Å². The summed E-state index contributed by atoms with van der Waals surface area (Å²) in [5, 5.41) is 3.06. The molecule has 1 unspecified atom stereocenters. The molecule has 7 nitrogen and oxygen atoms in total. The van der Waals surface area contributed by atoms with Gasteiger partial charge in [0.2, 0.25) is 15.9 Å². The van der Waals surface area contributed by atoms with Crippen LogP contribution in [0.2, 0.25) is 0 Å². The Kier molecular flexibility index (Phi) is 8.63. The van der Waals surface area contributed by atoms with Gasteiger partial charge in [0.1, 0.15) is 0 Å². The second-order valence-electron chi connectivity index (χ2n) is 8.18. The van der Waals surface area contributed by atoms with Crippen molar-refractivity contribution in [2.45, 2.75) is 43.9 Å². The molecule has 0 bridgehead atoms. The number of sulfonamides is 1. The highest BCUT2D eigenvalue weighted by Crippen LogP contribution is 2.25. The average molecular weight is 473 g/mol. The number of amides is 1. The summed E-state index contributed by atoms with van der Waals surface area (Å²) in [5.41, 5.74) is 1.52. The van der Waals surface area contributed by atoms with Crippen LogP contribution in [-0.4, -0.2) is 50.8 Å². The molecular weight excluding hydrogens is 440 g/mol. The van der Waals surface area contributed by atoms with Crippen LogP contribution >= 0.6 is 0 Å². The Hall–Kier alpha value is -2.71. The Labute approximate surface area is 196 Å². The van der Waals surface area contributed by atoms with Gasteiger partial charge in [-0.3, -0.25) is 4.79 Å². The molecule has 1 heterocycles. The summed E-state index contributed by atoms with van der Waals surface area (Å²) in [7, 11) is -3.68. The first-order valence-corrected chi connectivity index (χ1v) is 12.9. The summed E-state index contributed by atoms with van der Waals surface area (Å²) < 4.78 is 32.3. The Bertz CT molecular complexity index is 1030. The van der Waals surface area contributed by atoms with Gasteiger partial charge in [-0.1, -0.05) is 37.3 Å². The number of ether oxygens (including phenoxy) is 1. The smallest absolute Gasteiger partial charge is 0.338 e. The molecule has 1 amide bonds. The SMILES string of the molecule is CCOC(=O)c1ccc(S(=O)(=O)N2CCC(C(=O)NCC(CC)c3ccccc3)CC2)cc1. The Morgan fingerprint density at radius 3 is 2.24 bits per heavy atom. The third-order valence-electron chi connectivity index (χ3n) is 6.11. The molecular formula is C25H32N2O5S. The van der Waals surface area contributed by atoms with Crippen molar-refractivity contribution in [2.75, 3.05) is 26.2 Å². The summed E-state index contributed by atoms with van der Waals surface area (Å²) in [4.78, 5) is 24.6. The highest BCUT2D eigenvalue weighted by Gasteiger charge is 2.32. The number of esters is 1. The van der Waals surface area contributed by atoms with E-state index in [9.17, 15) is 18.0 Å². The molecule has 2 aromatic carbocycles. The number of piperidine rings is 1. The van der Waals surface area contributed by atoms with Crippen LogP contribution in [0.5, 0.6) is 0 Å². The fourth-order valence-electron chi connectivity index (χ4n) is 4.08. The third kappa shape index (κ3) is 6.21. The number of rotatable bonds is 9. The highest BCUT2D eigenvalue weighted by molar-refractivity contribution is 7.89. The van der Waals surface area contributed by atoms with E-state index >= 15 is 0 Å². The van der Waals surface area contributed by atoms with E-state index in [1.807, 2.05) is 18.2 Å². The maximum absolute atomic E-state index is 13.0. The zero-order chi connectivity index (χ0) is 23.8. The van der Waals surface area contributed by atoms with Crippen LogP contribution in [0.1, 0.15) is 54.9 Å². The van der Waals surface area contributed by atoms with Gasteiger partial charge in [-0.2, -0.15) is 4.31 Å². The second kappa shape index (κ2) is 11.4. The summed E-state index contributed by atoms with van der Waals surface area (Å²) in [5.74, 6) is -0.435. The molecule has 1 aliphatic rings. The first-order chi connectivity index (χ1) is 15.9. The van der Waals surface area contributed by atoms with Crippen LogP contribution in [-0.2, 0) is 19.6 Å². The molecule has 178 valence electrons. The molecule has 1 fully saturated rings. The lowest BCUT2D eigenvalue weighted by molar-refractivity contribution is -0.126. The molecule has 1 N–H and O–H groups in total. The van der Waals surface area contributed by atoms with Crippen molar-refractivity contribution < 1.29 is 22.7 Å². The van der Waals surface area contributed by atoms with Crippen LogP contribution in [0.4, 0.5) is 0 Å². The van der Waals surface area contributed by atoms with Gasteiger partial charge in [0.15, 0.2) is 0 Å². The zero-order valence-electron chi connectivity index (χ0n) is 19.2. The lowest BCUT2D eigenvalue weighted by Gasteiger charge is -2.31. The Balaban J connectivity index is 1.54. The van der Waals surface area contributed by atoms with Crippen molar-refractivity contribution in [3.8, 4) is 0 Å². The minimum Gasteiger partial charge on any atom is -0.462 e. The van der Waals surface area contributed by atoms with Crippen molar-refractivity contribution in [2.24, 2.45) is 5.92 Å². The molecule has 33 heavy (non-hydrogen) atoms. The number of carbonyl (C=O) groups is 2. The van der Waals surface area contributed by atoms with Gasteiger partial charge in [-0.15, -0.1) is 0 Å². The number of nitrogens with zero attached hydrogens (tertiary/aromatic N) is 1. The second-order valence-corrected chi connectivity index (χ2v) is 10.1. The van der Waals surface area contributed by atoms with Gasteiger partial charge < -0.3 is 10.1 Å². The lowest BCUT2D eigenvalue weighted by atomic mass is 9.94. The van der Waals surface area contributed by atoms with Gasteiger partial charge in [0, 0.05) is 31.5 Å². The molecule has 0 aromatic heterocycles. The van der Waals surface area contributed by atoms with Crippen molar-refractivity contribution in [1.29, 1.82) is 0 Å². The van der Waals surface area contributed by atoms with E-state index in [1.165, 1.54) is 34.1 Å². The van der Waals surface area contributed by atoms with Gasteiger partial charge >= 0.3 is 5.97 Å². The fraction of sp³-hybridized carbons (Fsp3) is 0.440. The van der Waals surface area contributed by atoms with Gasteiger partial charge in [0.05, 0.1) is 17.1 Å². The zero-order valence-corrected chi connectivity index (χ0v) is 20.0. The first-order valence-electron chi connectivity index (χ1n) is 11.5. The Morgan fingerprint density at radius 1 is 1.03 bits per heavy atom. The molecule has 3 rings (SSSR count). The summed E-state index contributed by atoms with van der Waals surface area (Å²) in [6, 6.07) is 15.9. The monoisotopic (exact) mass is 472 g/mol. The van der Waals surface area contributed by atoms with Crippen molar-refractivity contribution in [3.63, 3.8) is 0 Å². The minimum absolute atomic E-state index is 0.0137. The van der Waals surface area contributed by atoms with Crippen molar-refractivity contribution in [1.82, 2.24) is 9.62 Å². The maximum Gasteiger partial charge on any atom is 0.338 e. The quantitative estimate of drug-likeness (QED) is 0.563. The van der Waals surface area contributed by atoms with E-state index in [1.54, 1.807) is 6.92 Å². The van der Waals surface area contributed by atoms with Crippen LogP contribution in [0.25, 0.3) is 0 Å². The van der Waals surface area contributed by atoms with Gasteiger partial charge in [-0.05, 0) is 56.0 Å². The number of benzene rings is 2. The Morgan fingerprint density at radius 2 is 1.67 bits per heavy atom. The van der Waals surface area contributed by atoms with E-state index in [0.29, 0.717) is 24.9 Å². The first kappa shape index (κ1) is 24.9. The van der Waals surface area contributed by atoms with Crippen LogP contribution in [0.15, 0.2) is 59.5 Å². The maximum atomic E-state index is 13.0. The molecule has 1 aliphatic heterocycles. The highest BCUT2D eigenvalue weighted by atomic mass is 32.2. The largest absolute Gasteiger partial charge is 0.462 e. The predicted molar refractivity (Wildman–Crippen MR) is 126 cm³/mol. The molecule has 8 heteroatoms. The number of nitrogens with one attached hydrogen (secondary N) is 1. The van der Waals surface area contributed by atoms with Crippen LogP contribution in [0.3, 0.4) is 0 Å². The predicted octanol–water partition coefficient (Wildman–Crippen LogP) is 3.57. The summed E-state index contributed by atoms with van der Waals surface area (Å²) in [6.45, 7) is 5.22. The summed E-state index contributed by atoms with van der Waals surface area (Å²) >= 11 is 0. The normalized spacial score (nSPS) is 16.2. The number of hydrogen-bond donors (Lipinski definition) is 1. The van der Waals surface area contributed by atoms with Crippen molar-refractivity contribution in [3.05, 3.63) is 65.7 Å². The van der Waals surface area contributed by atoms with Gasteiger partial charge in [0.25, 0.3) is 0 Å². The molecule has 1 saturated heterocycles. The molecule has 0 aliphatic carbocycles. The molecule has 0 saturated carbocycles. The standard InChI is InChI=1S/C25H32N2O5S/c1-3-19(20-8-6-5-7-9-20)18-26-24(28)21-14-16-27(17-15-21)33(30,31)23-12-10-22(11-13-23)25(29)32-4-2/h5-13,19,21H,3-4,14-18H2,1-2H3,(H,26,28). The number of hydrogen-bond acceptors (Lipinski definition) is 5. The minimum atomic E-state index is -3.68. The van der Waals surface area contributed by atoms with E-state index < -0.39 is 16.0 Å². The summed E-state index contributed by atoms with van der Waals surface area (Å²) in [6.07, 6.45) is 1.89. The van der Waals surface area contributed by atoms with E-state index in [0.717, 1.165) is 6.42 Å². The van der Waals surface area contributed by atoms with Crippen LogP contribution in [0, 0.1) is 5.92 Å². The molecule has 1 atom stereocenters. The van der Waals surface area contributed by atoms with E-state index in [-0.39, 0.29) is 42.3 Å². The average Bonchev–Trinajstić information content (AvgIpc) is 2.85. The molecule has 0 spiro atoms. The van der Waals surface area contributed by atoms with Crippen molar-refractivity contribution >= 4 is 21.9 Å². The molecule has 2 aromatic rings. The third-order valence-corrected chi connectivity index (χ3v) is 8.03. The van der Waals surface area contributed by atoms with Crippen LogP contribution < -0.4 is 5.32 Å². The fourth-order valence-corrected chi connectivity index (χ4v) is 5.55. The number of carbonyl (C=O) groups excluding carboxylic acids is 2.